The van der Waals surface area contributed by atoms with Crippen LogP contribution in [0, 0.1) is 0 Å². The van der Waals surface area contributed by atoms with Crippen LogP contribution in [-0.4, -0.2) is 16.9 Å². The molecule has 0 aliphatic carbocycles. The first kappa shape index (κ1) is 18.4. The SMILES string of the molecule is CC(N)/C(=C/c1ccc(C(=O)Nc2ccccc2N)cc1)c1cccnc1. The molecule has 0 saturated heterocycles. The molecular weight excluding hydrogens is 336 g/mol. The van der Waals surface area contributed by atoms with Gasteiger partial charge in [-0.25, -0.2) is 0 Å². The van der Waals surface area contributed by atoms with E-state index in [4.69, 9.17) is 11.5 Å². The van der Waals surface area contributed by atoms with Gasteiger partial charge in [0.1, 0.15) is 0 Å². The fraction of sp³-hybridized carbons (Fsp3) is 0.0909. The Kier molecular flexibility index (Phi) is 5.64. The number of nitrogen functional groups attached to an aromatic ring is 1. The average molecular weight is 358 g/mol. The highest BCUT2D eigenvalue weighted by molar-refractivity contribution is 6.05. The summed E-state index contributed by atoms with van der Waals surface area (Å²) in [5, 5.41) is 2.82. The number of benzene rings is 2. The Hall–Kier alpha value is -3.44. The Bertz CT molecular complexity index is 948. The van der Waals surface area contributed by atoms with E-state index in [2.05, 4.69) is 10.3 Å². The van der Waals surface area contributed by atoms with Crippen LogP contribution in [-0.2, 0) is 0 Å². The molecule has 0 spiro atoms. The molecule has 1 unspecified atom stereocenters. The maximum atomic E-state index is 12.4. The van der Waals surface area contributed by atoms with Crippen LogP contribution in [0.1, 0.15) is 28.4 Å². The summed E-state index contributed by atoms with van der Waals surface area (Å²) in [6.45, 7) is 1.94. The standard InChI is InChI=1S/C22H22N4O/c1-15(23)19(18-5-4-12-25-14-18)13-16-8-10-17(11-9-16)22(27)26-21-7-3-2-6-20(21)24/h2-15H,23-24H2,1H3,(H,26,27)/b19-13-. The number of anilines is 2. The van der Waals surface area contributed by atoms with Gasteiger partial charge in [-0.15, -0.1) is 0 Å². The lowest BCUT2D eigenvalue weighted by Crippen LogP contribution is -2.17. The lowest BCUT2D eigenvalue weighted by Gasteiger charge is -2.12. The van der Waals surface area contributed by atoms with Crippen molar-refractivity contribution in [3.05, 3.63) is 89.7 Å². The molecule has 27 heavy (non-hydrogen) atoms. The van der Waals surface area contributed by atoms with Gasteiger partial charge in [-0.1, -0.05) is 30.3 Å². The number of amides is 1. The predicted molar refractivity (Wildman–Crippen MR) is 111 cm³/mol. The number of carbonyl (C=O) groups excluding carboxylic acids is 1. The molecule has 1 atom stereocenters. The highest BCUT2D eigenvalue weighted by Crippen LogP contribution is 2.21. The van der Waals surface area contributed by atoms with Crippen molar-refractivity contribution < 1.29 is 4.79 Å². The third kappa shape index (κ3) is 4.59. The summed E-state index contributed by atoms with van der Waals surface area (Å²) in [5.41, 5.74) is 16.6. The van der Waals surface area contributed by atoms with Crippen LogP contribution in [0.15, 0.2) is 73.1 Å². The van der Waals surface area contributed by atoms with Gasteiger partial charge in [0.2, 0.25) is 0 Å². The maximum absolute atomic E-state index is 12.4. The van der Waals surface area contributed by atoms with E-state index in [1.807, 2.05) is 49.4 Å². The molecule has 1 heterocycles. The van der Waals surface area contributed by atoms with Crippen LogP contribution >= 0.6 is 0 Å². The van der Waals surface area contributed by atoms with E-state index in [9.17, 15) is 4.79 Å². The number of hydrogen-bond acceptors (Lipinski definition) is 4. The van der Waals surface area contributed by atoms with E-state index in [0.717, 1.165) is 16.7 Å². The van der Waals surface area contributed by atoms with Crippen molar-refractivity contribution in [3.8, 4) is 0 Å². The number of nitrogens with one attached hydrogen (secondary N) is 1. The molecule has 0 fully saturated rings. The van der Waals surface area contributed by atoms with Crippen LogP contribution < -0.4 is 16.8 Å². The van der Waals surface area contributed by atoms with Gasteiger partial charge < -0.3 is 16.8 Å². The van der Waals surface area contributed by atoms with E-state index in [-0.39, 0.29) is 11.9 Å². The smallest absolute Gasteiger partial charge is 0.255 e. The van der Waals surface area contributed by atoms with Crippen molar-refractivity contribution in [2.75, 3.05) is 11.1 Å². The third-order valence-corrected chi connectivity index (χ3v) is 4.19. The fourth-order valence-corrected chi connectivity index (χ4v) is 2.73. The second kappa shape index (κ2) is 8.29. The van der Waals surface area contributed by atoms with Crippen molar-refractivity contribution in [3.63, 3.8) is 0 Å². The molecule has 3 aromatic rings. The summed E-state index contributed by atoms with van der Waals surface area (Å²) < 4.78 is 0. The highest BCUT2D eigenvalue weighted by Gasteiger charge is 2.09. The number of hydrogen-bond donors (Lipinski definition) is 3. The number of nitrogens with two attached hydrogens (primary N) is 2. The van der Waals surface area contributed by atoms with Gasteiger partial charge in [0.15, 0.2) is 0 Å². The topological polar surface area (TPSA) is 94.0 Å². The second-order valence-electron chi connectivity index (χ2n) is 6.29. The van der Waals surface area contributed by atoms with Crippen molar-refractivity contribution in [1.29, 1.82) is 0 Å². The Morgan fingerprint density at radius 1 is 1.04 bits per heavy atom. The number of para-hydroxylation sites is 2. The summed E-state index contributed by atoms with van der Waals surface area (Å²) in [6.07, 6.45) is 5.54. The van der Waals surface area contributed by atoms with Crippen LogP contribution in [0.5, 0.6) is 0 Å². The Labute approximate surface area is 158 Å². The number of rotatable bonds is 5. The quantitative estimate of drug-likeness (QED) is 0.605. The van der Waals surface area contributed by atoms with Crippen molar-refractivity contribution >= 4 is 28.9 Å². The van der Waals surface area contributed by atoms with Crippen LogP contribution in [0.2, 0.25) is 0 Å². The molecule has 1 aromatic heterocycles. The number of nitrogens with zero attached hydrogens (tertiary/aromatic N) is 1. The zero-order valence-corrected chi connectivity index (χ0v) is 15.1. The molecule has 0 bridgehead atoms. The maximum Gasteiger partial charge on any atom is 0.255 e. The molecule has 0 aliphatic rings. The third-order valence-electron chi connectivity index (χ3n) is 4.19. The summed E-state index contributed by atoms with van der Waals surface area (Å²) in [5.74, 6) is -0.205. The first-order valence-electron chi connectivity index (χ1n) is 8.68. The van der Waals surface area contributed by atoms with E-state index in [0.29, 0.717) is 16.9 Å². The lowest BCUT2D eigenvalue weighted by molar-refractivity contribution is 0.102. The first-order valence-corrected chi connectivity index (χ1v) is 8.68. The molecule has 5 nitrogen and oxygen atoms in total. The molecule has 3 rings (SSSR count). The normalized spacial score (nSPS) is 12.4. The second-order valence-corrected chi connectivity index (χ2v) is 6.29. The molecule has 0 radical (unpaired) electrons. The van der Waals surface area contributed by atoms with Gasteiger partial charge in [-0.2, -0.15) is 0 Å². The number of aromatic nitrogens is 1. The first-order chi connectivity index (χ1) is 13.0. The van der Waals surface area contributed by atoms with Crippen LogP contribution in [0.4, 0.5) is 11.4 Å². The van der Waals surface area contributed by atoms with Crippen LogP contribution in [0.3, 0.4) is 0 Å². The minimum Gasteiger partial charge on any atom is -0.397 e. The molecule has 136 valence electrons. The van der Waals surface area contributed by atoms with Gasteiger partial charge >= 0.3 is 0 Å². The summed E-state index contributed by atoms with van der Waals surface area (Å²) >= 11 is 0. The van der Waals surface area contributed by atoms with Gasteiger partial charge in [-0.3, -0.25) is 9.78 Å². The van der Waals surface area contributed by atoms with E-state index < -0.39 is 0 Å². The van der Waals surface area contributed by atoms with E-state index in [1.54, 1.807) is 36.7 Å². The van der Waals surface area contributed by atoms with Gasteiger partial charge in [0, 0.05) is 24.0 Å². The largest absolute Gasteiger partial charge is 0.397 e. The zero-order chi connectivity index (χ0) is 19.2. The van der Waals surface area contributed by atoms with Crippen LogP contribution in [0.25, 0.3) is 11.6 Å². The van der Waals surface area contributed by atoms with Gasteiger partial charge in [0.05, 0.1) is 11.4 Å². The minimum absolute atomic E-state index is 0.141. The summed E-state index contributed by atoms with van der Waals surface area (Å²) in [6, 6.07) is 18.2. The Morgan fingerprint density at radius 2 is 1.78 bits per heavy atom. The van der Waals surface area contributed by atoms with E-state index >= 15 is 0 Å². The molecule has 5 N–H and O–H groups in total. The Balaban J connectivity index is 1.80. The van der Waals surface area contributed by atoms with Crippen molar-refractivity contribution in [1.82, 2.24) is 4.98 Å². The highest BCUT2D eigenvalue weighted by atomic mass is 16.1. The lowest BCUT2D eigenvalue weighted by atomic mass is 9.98. The fourth-order valence-electron chi connectivity index (χ4n) is 2.73. The number of carbonyl (C=O) groups is 1. The van der Waals surface area contributed by atoms with Crippen molar-refractivity contribution in [2.45, 2.75) is 13.0 Å². The average Bonchev–Trinajstić information content (AvgIpc) is 2.68. The minimum atomic E-state index is -0.205. The van der Waals surface area contributed by atoms with E-state index in [1.165, 1.54) is 0 Å². The molecule has 0 aliphatic heterocycles. The molecule has 5 heteroatoms. The molecular formula is C22H22N4O. The predicted octanol–water partition coefficient (Wildman–Crippen LogP) is 3.80. The molecule has 0 saturated carbocycles. The molecule has 2 aromatic carbocycles. The van der Waals surface area contributed by atoms with Gasteiger partial charge in [0.25, 0.3) is 5.91 Å². The summed E-state index contributed by atoms with van der Waals surface area (Å²) in [4.78, 5) is 16.6. The van der Waals surface area contributed by atoms with Gasteiger partial charge in [-0.05, 0) is 60.0 Å². The summed E-state index contributed by atoms with van der Waals surface area (Å²) in [7, 11) is 0. The Morgan fingerprint density at radius 3 is 2.41 bits per heavy atom. The van der Waals surface area contributed by atoms with Crippen molar-refractivity contribution in [2.24, 2.45) is 5.73 Å². The molecule has 1 amide bonds. The monoisotopic (exact) mass is 358 g/mol. The number of pyridine rings is 1. The zero-order valence-electron chi connectivity index (χ0n) is 15.1.